The van der Waals surface area contributed by atoms with Gasteiger partial charge in [0.15, 0.2) is 0 Å². The summed E-state index contributed by atoms with van der Waals surface area (Å²) in [7, 11) is 0. The third-order valence-corrected chi connectivity index (χ3v) is 4.78. The number of piperidine rings is 1. The number of pyridine rings is 1. The van der Waals surface area contributed by atoms with E-state index in [0.717, 1.165) is 38.1 Å². The van der Waals surface area contributed by atoms with E-state index in [1.807, 2.05) is 17.0 Å². The highest BCUT2D eigenvalue weighted by Gasteiger charge is 2.37. The van der Waals surface area contributed by atoms with Gasteiger partial charge in [-0.05, 0) is 31.9 Å². The fourth-order valence-corrected chi connectivity index (χ4v) is 3.54. The van der Waals surface area contributed by atoms with Gasteiger partial charge in [-0.1, -0.05) is 5.16 Å². The van der Waals surface area contributed by atoms with Crippen LogP contribution in [0, 0.1) is 12.8 Å². The Bertz CT molecular complexity index is 713. The molecule has 0 radical (unpaired) electrons. The van der Waals surface area contributed by atoms with Crippen molar-refractivity contribution in [2.75, 3.05) is 19.7 Å². The number of amides is 1. The lowest BCUT2D eigenvalue weighted by Crippen LogP contribution is -2.44. The van der Waals surface area contributed by atoms with E-state index in [4.69, 9.17) is 9.26 Å². The average molecular weight is 313 g/mol. The fourth-order valence-electron chi connectivity index (χ4n) is 3.54. The van der Waals surface area contributed by atoms with E-state index in [9.17, 15) is 4.79 Å². The lowest BCUT2D eigenvalue weighted by molar-refractivity contribution is 0.0305. The molecule has 2 fully saturated rings. The molecule has 4 rings (SSSR count). The van der Waals surface area contributed by atoms with Crippen LogP contribution < -0.4 is 0 Å². The van der Waals surface area contributed by atoms with Crippen molar-refractivity contribution in [1.29, 1.82) is 0 Å². The van der Waals surface area contributed by atoms with Gasteiger partial charge in [-0.3, -0.25) is 9.78 Å². The van der Waals surface area contributed by atoms with Crippen LogP contribution in [-0.4, -0.2) is 46.7 Å². The molecule has 6 nitrogen and oxygen atoms in total. The summed E-state index contributed by atoms with van der Waals surface area (Å²) in [4.78, 5) is 19.0. The molecule has 0 saturated carbocycles. The Hall–Kier alpha value is -2.21. The Kier molecular flexibility index (Phi) is 3.61. The van der Waals surface area contributed by atoms with Gasteiger partial charge in [-0.15, -0.1) is 0 Å². The molecule has 0 spiro atoms. The summed E-state index contributed by atoms with van der Waals surface area (Å²) in [5.41, 5.74) is 1.92. The minimum atomic E-state index is -0.00652. The number of ether oxygens (including phenoxy) is 1. The van der Waals surface area contributed by atoms with Gasteiger partial charge in [0.25, 0.3) is 5.91 Å². The Morgan fingerprint density at radius 2 is 2.30 bits per heavy atom. The first-order valence-corrected chi connectivity index (χ1v) is 8.01. The summed E-state index contributed by atoms with van der Waals surface area (Å²) in [5, 5.41) is 4.08. The molecule has 6 heteroatoms. The first-order chi connectivity index (χ1) is 11.2. The summed E-state index contributed by atoms with van der Waals surface area (Å²) in [5.74, 6) is 1.00. The zero-order valence-corrected chi connectivity index (χ0v) is 13.1. The van der Waals surface area contributed by atoms with Gasteiger partial charge < -0.3 is 14.2 Å². The molecule has 23 heavy (non-hydrogen) atoms. The highest BCUT2D eigenvalue weighted by atomic mass is 16.5. The van der Waals surface area contributed by atoms with Gasteiger partial charge in [0.1, 0.15) is 17.0 Å². The highest BCUT2D eigenvalue weighted by molar-refractivity contribution is 6.00. The highest BCUT2D eigenvalue weighted by Crippen LogP contribution is 2.31. The van der Waals surface area contributed by atoms with Crippen molar-refractivity contribution >= 4 is 5.91 Å². The van der Waals surface area contributed by atoms with E-state index >= 15 is 0 Å². The van der Waals surface area contributed by atoms with Gasteiger partial charge in [0.05, 0.1) is 6.10 Å². The first kappa shape index (κ1) is 14.4. The zero-order valence-electron chi connectivity index (χ0n) is 13.1. The van der Waals surface area contributed by atoms with E-state index in [2.05, 4.69) is 10.1 Å². The minimum absolute atomic E-state index is 0.00652. The number of carbonyl (C=O) groups is 1. The van der Waals surface area contributed by atoms with Crippen LogP contribution in [0.3, 0.4) is 0 Å². The molecule has 2 aromatic rings. The third-order valence-electron chi connectivity index (χ3n) is 4.78. The van der Waals surface area contributed by atoms with E-state index in [0.29, 0.717) is 29.0 Å². The predicted octanol–water partition coefficient (Wildman–Crippen LogP) is 2.30. The Balaban J connectivity index is 1.63. The molecule has 0 aromatic carbocycles. The standard InChI is InChI=1S/C17H19N3O3/c1-11-15(16(19-23-11)12-3-2-6-18-9-12)17(21)20-7-4-14-13(10-20)5-8-22-14/h2-3,6,9,13-14H,4-5,7-8,10H2,1H3/t13-,14+/m0/s1. The fraction of sp³-hybridized carbons (Fsp3) is 0.471. The summed E-state index contributed by atoms with van der Waals surface area (Å²) >= 11 is 0. The van der Waals surface area contributed by atoms with Gasteiger partial charge in [-0.2, -0.15) is 0 Å². The van der Waals surface area contributed by atoms with E-state index in [-0.39, 0.29) is 5.91 Å². The number of rotatable bonds is 2. The second kappa shape index (κ2) is 5.77. The maximum Gasteiger partial charge on any atom is 0.259 e. The summed E-state index contributed by atoms with van der Waals surface area (Å²) in [6.07, 6.45) is 5.66. The monoisotopic (exact) mass is 313 g/mol. The molecule has 0 aliphatic carbocycles. The van der Waals surface area contributed by atoms with E-state index < -0.39 is 0 Å². The second-order valence-corrected chi connectivity index (χ2v) is 6.20. The van der Waals surface area contributed by atoms with Crippen molar-refractivity contribution in [3.05, 3.63) is 35.9 Å². The number of aryl methyl sites for hydroxylation is 1. The predicted molar refractivity (Wildman–Crippen MR) is 82.8 cm³/mol. The molecule has 2 aliphatic rings. The first-order valence-electron chi connectivity index (χ1n) is 8.01. The molecule has 1 amide bonds. The van der Waals surface area contributed by atoms with Crippen LogP contribution in [0.1, 0.15) is 29.0 Å². The van der Waals surface area contributed by atoms with Gasteiger partial charge in [0.2, 0.25) is 0 Å². The summed E-state index contributed by atoms with van der Waals surface area (Å²) in [6.45, 7) is 4.06. The number of likely N-dealkylation sites (tertiary alicyclic amines) is 1. The number of hydrogen-bond donors (Lipinski definition) is 0. The SMILES string of the molecule is Cc1onc(-c2cccnc2)c1C(=O)N1CC[C@H]2OCC[C@H]2C1. The van der Waals surface area contributed by atoms with E-state index in [1.54, 1.807) is 19.3 Å². The van der Waals surface area contributed by atoms with Gasteiger partial charge in [0, 0.05) is 43.6 Å². The summed E-state index contributed by atoms with van der Waals surface area (Å²) in [6, 6.07) is 3.72. The number of nitrogens with zero attached hydrogens (tertiary/aromatic N) is 3. The van der Waals surface area contributed by atoms with Crippen molar-refractivity contribution in [3.8, 4) is 11.3 Å². The maximum absolute atomic E-state index is 13.0. The van der Waals surface area contributed by atoms with Crippen molar-refractivity contribution in [1.82, 2.24) is 15.0 Å². The molecule has 120 valence electrons. The third kappa shape index (κ3) is 2.53. The molecule has 2 aliphatic heterocycles. The normalized spacial score (nSPS) is 23.8. The molecular weight excluding hydrogens is 294 g/mol. The largest absolute Gasteiger partial charge is 0.378 e. The van der Waals surface area contributed by atoms with Crippen LogP contribution in [0.4, 0.5) is 0 Å². The molecule has 0 N–H and O–H groups in total. The summed E-state index contributed by atoms with van der Waals surface area (Å²) < 4.78 is 11.0. The zero-order chi connectivity index (χ0) is 15.8. The van der Waals surface area contributed by atoms with Crippen LogP contribution in [0.15, 0.2) is 29.0 Å². The lowest BCUT2D eigenvalue weighted by Gasteiger charge is -2.34. The number of hydrogen-bond acceptors (Lipinski definition) is 5. The Morgan fingerprint density at radius 3 is 3.13 bits per heavy atom. The number of fused-ring (bicyclic) bond motifs is 1. The van der Waals surface area contributed by atoms with Gasteiger partial charge in [-0.25, -0.2) is 0 Å². The van der Waals surface area contributed by atoms with E-state index in [1.165, 1.54) is 0 Å². The Morgan fingerprint density at radius 1 is 1.39 bits per heavy atom. The molecular formula is C17H19N3O3. The number of aromatic nitrogens is 2. The van der Waals surface area contributed by atoms with Gasteiger partial charge >= 0.3 is 0 Å². The van der Waals surface area contributed by atoms with Crippen LogP contribution in [0.2, 0.25) is 0 Å². The maximum atomic E-state index is 13.0. The van der Waals surface area contributed by atoms with Crippen molar-refractivity contribution in [2.45, 2.75) is 25.9 Å². The molecule has 2 saturated heterocycles. The molecule has 4 heterocycles. The quantitative estimate of drug-likeness (QED) is 0.851. The average Bonchev–Trinajstić information content (AvgIpc) is 3.20. The molecule has 2 atom stereocenters. The van der Waals surface area contributed by atoms with Crippen molar-refractivity contribution in [3.63, 3.8) is 0 Å². The van der Waals surface area contributed by atoms with Crippen LogP contribution in [0.5, 0.6) is 0 Å². The molecule has 2 aromatic heterocycles. The second-order valence-electron chi connectivity index (χ2n) is 6.20. The van der Waals surface area contributed by atoms with Crippen molar-refractivity contribution in [2.24, 2.45) is 5.92 Å². The molecule has 0 unspecified atom stereocenters. The van der Waals surface area contributed by atoms with Crippen LogP contribution in [0.25, 0.3) is 11.3 Å². The minimum Gasteiger partial charge on any atom is -0.378 e. The van der Waals surface area contributed by atoms with Crippen LogP contribution in [-0.2, 0) is 4.74 Å². The lowest BCUT2D eigenvalue weighted by atomic mass is 9.93. The number of carbonyl (C=O) groups excluding carboxylic acids is 1. The van der Waals surface area contributed by atoms with Crippen molar-refractivity contribution < 1.29 is 14.1 Å². The molecule has 0 bridgehead atoms. The van der Waals surface area contributed by atoms with Crippen LogP contribution >= 0.6 is 0 Å². The smallest absolute Gasteiger partial charge is 0.259 e. The topological polar surface area (TPSA) is 68.5 Å². The Labute approximate surface area is 134 Å².